The normalized spacial score (nSPS) is 18.4. The van der Waals surface area contributed by atoms with Crippen LogP contribution in [0.3, 0.4) is 0 Å². The molecule has 2 aromatic carbocycles. The largest absolute Gasteiger partial charge is 0.465 e. The molecule has 0 bridgehead atoms. The molecule has 34 heavy (non-hydrogen) atoms. The summed E-state index contributed by atoms with van der Waals surface area (Å²) in [5.41, 5.74) is -0.920. The fourth-order valence-corrected chi connectivity index (χ4v) is 5.14. The summed E-state index contributed by atoms with van der Waals surface area (Å²) in [5, 5.41) is 22.6. The van der Waals surface area contributed by atoms with Gasteiger partial charge in [0.2, 0.25) is 0 Å². The number of halogens is 3. The van der Waals surface area contributed by atoms with Gasteiger partial charge in [-0.25, -0.2) is 14.0 Å². The first-order valence-corrected chi connectivity index (χ1v) is 11.9. The van der Waals surface area contributed by atoms with Gasteiger partial charge in [-0.05, 0) is 66.7 Å². The van der Waals surface area contributed by atoms with Gasteiger partial charge in [-0.2, -0.15) is 0 Å². The predicted octanol–water partition coefficient (Wildman–Crippen LogP) is 5.84. The SMILES string of the molecule is CC(C)(C)OC(=O)N[C@@H](CCCO)C1(c2ccccc2)Cc2c(cc(F)c(Cl)c2Br)N1C(=O)O. The lowest BCUT2D eigenvalue weighted by Crippen LogP contribution is -2.61. The molecule has 0 saturated carbocycles. The molecule has 7 nitrogen and oxygen atoms in total. The molecule has 0 aromatic heterocycles. The fourth-order valence-electron chi connectivity index (χ4n) is 4.44. The van der Waals surface area contributed by atoms with Gasteiger partial charge >= 0.3 is 12.2 Å². The number of aliphatic hydroxyl groups excluding tert-OH is 1. The van der Waals surface area contributed by atoms with E-state index in [1.807, 2.05) is 0 Å². The number of fused-ring (bicyclic) bond motifs is 1. The van der Waals surface area contributed by atoms with E-state index in [1.54, 1.807) is 51.1 Å². The number of rotatable bonds is 6. The maximum absolute atomic E-state index is 14.6. The Kier molecular flexibility index (Phi) is 7.79. The van der Waals surface area contributed by atoms with Crippen LogP contribution >= 0.6 is 27.5 Å². The van der Waals surface area contributed by atoms with Crippen molar-refractivity contribution in [2.24, 2.45) is 0 Å². The second-order valence-corrected chi connectivity index (χ2v) is 10.3. The van der Waals surface area contributed by atoms with Crippen molar-refractivity contribution in [3.05, 3.63) is 62.8 Å². The van der Waals surface area contributed by atoms with E-state index in [-0.39, 0.29) is 41.1 Å². The van der Waals surface area contributed by atoms with Crippen molar-refractivity contribution in [1.29, 1.82) is 0 Å². The van der Waals surface area contributed by atoms with Crippen LogP contribution in [0.15, 0.2) is 40.9 Å². The highest BCUT2D eigenvalue weighted by molar-refractivity contribution is 9.10. The van der Waals surface area contributed by atoms with Gasteiger partial charge < -0.3 is 20.3 Å². The molecule has 0 spiro atoms. The average Bonchev–Trinajstić information content (AvgIpc) is 3.10. The Labute approximate surface area is 211 Å². The summed E-state index contributed by atoms with van der Waals surface area (Å²) >= 11 is 9.47. The van der Waals surface area contributed by atoms with E-state index < -0.39 is 35.2 Å². The van der Waals surface area contributed by atoms with Crippen LogP contribution in [0.2, 0.25) is 5.02 Å². The monoisotopic (exact) mass is 556 g/mol. The van der Waals surface area contributed by atoms with E-state index >= 15 is 0 Å². The summed E-state index contributed by atoms with van der Waals surface area (Å²) in [7, 11) is 0. The van der Waals surface area contributed by atoms with Crippen LogP contribution in [0.5, 0.6) is 0 Å². The molecule has 2 aromatic rings. The zero-order valence-corrected chi connectivity index (χ0v) is 21.4. The summed E-state index contributed by atoms with van der Waals surface area (Å²) in [6.45, 7) is 5.00. The van der Waals surface area contributed by atoms with Crippen LogP contribution in [0.1, 0.15) is 44.7 Å². The zero-order valence-electron chi connectivity index (χ0n) is 19.1. The third-order valence-electron chi connectivity index (χ3n) is 5.71. The second kappa shape index (κ2) is 10.1. The Hall–Kier alpha value is -2.36. The van der Waals surface area contributed by atoms with Crippen LogP contribution in [-0.4, -0.2) is 40.6 Å². The third-order valence-corrected chi connectivity index (χ3v) is 7.18. The summed E-state index contributed by atoms with van der Waals surface area (Å²) < 4.78 is 20.3. The quantitative estimate of drug-likeness (QED) is 0.387. The lowest BCUT2D eigenvalue weighted by atomic mass is 9.77. The van der Waals surface area contributed by atoms with Gasteiger partial charge in [0.15, 0.2) is 0 Å². The van der Waals surface area contributed by atoms with Gasteiger partial charge in [0.25, 0.3) is 0 Å². The van der Waals surface area contributed by atoms with Crippen LogP contribution in [-0.2, 0) is 16.7 Å². The average molecular weight is 558 g/mol. The highest BCUT2D eigenvalue weighted by Crippen LogP contribution is 2.52. The highest BCUT2D eigenvalue weighted by Gasteiger charge is 2.55. The van der Waals surface area contributed by atoms with Crippen LogP contribution in [0.25, 0.3) is 0 Å². The number of carbonyl (C=O) groups is 2. The minimum atomic E-state index is -1.36. The summed E-state index contributed by atoms with van der Waals surface area (Å²) in [6, 6.07) is 9.11. The number of anilines is 1. The number of ether oxygens (including phenoxy) is 1. The smallest absolute Gasteiger partial charge is 0.412 e. The number of hydrogen-bond donors (Lipinski definition) is 3. The number of benzene rings is 2. The Balaban J connectivity index is 2.25. The number of nitrogens with zero attached hydrogens (tertiary/aromatic N) is 1. The van der Waals surface area contributed by atoms with E-state index in [0.717, 1.165) is 11.0 Å². The number of carbonyl (C=O) groups excluding carboxylic acids is 1. The molecule has 184 valence electrons. The van der Waals surface area contributed by atoms with Crippen LogP contribution < -0.4 is 10.2 Å². The van der Waals surface area contributed by atoms with Crippen molar-refractivity contribution >= 4 is 45.4 Å². The van der Waals surface area contributed by atoms with Crippen molar-refractivity contribution < 1.29 is 28.9 Å². The molecule has 2 amide bonds. The van der Waals surface area contributed by atoms with E-state index in [2.05, 4.69) is 21.2 Å². The number of carboxylic acid groups (broad SMARTS) is 1. The molecule has 0 saturated heterocycles. The molecule has 10 heteroatoms. The predicted molar refractivity (Wildman–Crippen MR) is 131 cm³/mol. The van der Waals surface area contributed by atoms with Gasteiger partial charge in [0.1, 0.15) is 17.0 Å². The molecule has 3 N–H and O–H groups in total. The number of nitrogens with one attached hydrogen (secondary N) is 1. The molecule has 1 aliphatic rings. The first-order chi connectivity index (χ1) is 15.9. The Morgan fingerprint density at radius 3 is 2.53 bits per heavy atom. The number of aliphatic hydroxyl groups is 1. The Bertz CT molecular complexity index is 1080. The van der Waals surface area contributed by atoms with Crippen molar-refractivity contribution in [3.63, 3.8) is 0 Å². The molecule has 0 aliphatic carbocycles. The minimum Gasteiger partial charge on any atom is -0.465 e. The number of amides is 2. The first kappa shape index (κ1) is 26.2. The van der Waals surface area contributed by atoms with Crippen LogP contribution in [0, 0.1) is 5.82 Å². The summed E-state index contributed by atoms with van der Waals surface area (Å²) in [4.78, 5) is 26.6. The molecule has 0 fully saturated rings. The molecule has 1 unspecified atom stereocenters. The lowest BCUT2D eigenvalue weighted by molar-refractivity contribution is 0.0465. The van der Waals surface area contributed by atoms with Gasteiger partial charge in [0.05, 0.1) is 16.8 Å². The van der Waals surface area contributed by atoms with Gasteiger partial charge in [-0.1, -0.05) is 41.9 Å². The third kappa shape index (κ3) is 5.01. The minimum absolute atomic E-state index is 0.102. The van der Waals surface area contributed by atoms with Crippen molar-refractivity contribution in [2.75, 3.05) is 11.5 Å². The molecule has 2 atom stereocenters. The van der Waals surface area contributed by atoms with Gasteiger partial charge in [-0.15, -0.1) is 0 Å². The van der Waals surface area contributed by atoms with E-state index in [4.69, 9.17) is 16.3 Å². The molecular formula is C24H27BrClFN2O5. The van der Waals surface area contributed by atoms with Crippen molar-refractivity contribution in [2.45, 2.75) is 57.2 Å². The summed E-state index contributed by atoms with van der Waals surface area (Å²) in [5.74, 6) is -0.769. The molecule has 3 rings (SSSR count). The van der Waals surface area contributed by atoms with Crippen LogP contribution in [0.4, 0.5) is 19.7 Å². The molecule has 1 aliphatic heterocycles. The first-order valence-electron chi connectivity index (χ1n) is 10.8. The zero-order chi connectivity index (χ0) is 25.3. The topological polar surface area (TPSA) is 99.1 Å². The standard InChI is InChI=1S/C24H27BrClFN2O5/c1-23(2,3)34-21(31)28-18(10-7-11-30)24(14-8-5-4-6-9-14)13-15-17(29(24)22(32)33)12-16(27)20(26)19(15)25/h4-6,8-9,12,18,30H,7,10-11,13H2,1-3H3,(H,28,31)(H,32,33)/t18-,24?/m0/s1. The lowest BCUT2D eigenvalue weighted by Gasteiger charge is -2.44. The maximum atomic E-state index is 14.6. The van der Waals surface area contributed by atoms with Gasteiger partial charge in [0, 0.05) is 17.5 Å². The summed E-state index contributed by atoms with van der Waals surface area (Å²) in [6.07, 6.45) is -1.43. The molecule has 0 radical (unpaired) electrons. The van der Waals surface area contributed by atoms with Gasteiger partial charge in [-0.3, -0.25) is 4.90 Å². The highest BCUT2D eigenvalue weighted by atomic mass is 79.9. The maximum Gasteiger partial charge on any atom is 0.412 e. The number of alkyl carbamates (subject to hydrolysis) is 1. The van der Waals surface area contributed by atoms with E-state index in [0.29, 0.717) is 11.1 Å². The second-order valence-electron chi connectivity index (χ2n) is 9.13. The Morgan fingerprint density at radius 2 is 1.97 bits per heavy atom. The van der Waals surface area contributed by atoms with Crippen molar-refractivity contribution in [1.82, 2.24) is 5.32 Å². The van der Waals surface area contributed by atoms with E-state index in [1.165, 1.54) is 0 Å². The molecule has 1 heterocycles. The van der Waals surface area contributed by atoms with E-state index in [9.17, 15) is 24.2 Å². The molecular weight excluding hydrogens is 531 g/mol. The van der Waals surface area contributed by atoms with Crippen molar-refractivity contribution in [3.8, 4) is 0 Å². The fraction of sp³-hybridized carbons (Fsp3) is 0.417. The number of hydrogen-bond acceptors (Lipinski definition) is 4. The Morgan fingerprint density at radius 1 is 1.32 bits per heavy atom.